The van der Waals surface area contributed by atoms with E-state index >= 15 is 0 Å². The third-order valence-corrected chi connectivity index (χ3v) is 6.47. The molecule has 2 atom stereocenters. The van der Waals surface area contributed by atoms with E-state index < -0.39 is 0 Å². The molecular weight excluding hydrogens is 316 g/mol. The van der Waals surface area contributed by atoms with E-state index in [0.717, 1.165) is 32.1 Å². The fourth-order valence-electron chi connectivity index (χ4n) is 4.87. The zero-order valence-corrected chi connectivity index (χ0v) is 14.9. The first-order valence-electron chi connectivity index (χ1n) is 9.54. The van der Waals surface area contributed by atoms with Crippen LogP contribution in [0.3, 0.4) is 0 Å². The number of nitrogens with one attached hydrogen (secondary N) is 1. The van der Waals surface area contributed by atoms with Gasteiger partial charge in [-0.25, -0.2) is 4.79 Å². The summed E-state index contributed by atoms with van der Waals surface area (Å²) in [6.07, 6.45) is 4.12. The van der Waals surface area contributed by atoms with Gasteiger partial charge in [0.2, 0.25) is 0 Å². The van der Waals surface area contributed by atoms with E-state index in [1.807, 2.05) is 11.8 Å². The van der Waals surface area contributed by atoms with Crippen molar-refractivity contribution in [1.29, 1.82) is 0 Å². The number of hydrogen-bond donors (Lipinski definition) is 2. The van der Waals surface area contributed by atoms with Crippen LogP contribution in [-0.2, 0) is 17.6 Å². The Morgan fingerprint density at radius 1 is 1.28 bits per heavy atom. The van der Waals surface area contributed by atoms with Gasteiger partial charge in [-0.3, -0.25) is 0 Å². The SMILES string of the molecule is CCOC1CC(O)C12CCN(C(=O)NC1Cc3ccccc3C1)CC2. The van der Waals surface area contributed by atoms with Crippen molar-refractivity contribution >= 4 is 6.03 Å². The Bertz CT molecular complexity index is 613. The van der Waals surface area contributed by atoms with Crippen molar-refractivity contribution in [2.24, 2.45) is 5.41 Å². The Kier molecular flexibility index (Phi) is 4.46. The molecule has 1 aromatic rings. The summed E-state index contributed by atoms with van der Waals surface area (Å²) in [6, 6.07) is 8.66. The summed E-state index contributed by atoms with van der Waals surface area (Å²) in [6.45, 7) is 4.09. The Morgan fingerprint density at radius 2 is 1.92 bits per heavy atom. The lowest BCUT2D eigenvalue weighted by Gasteiger charge is -2.56. The van der Waals surface area contributed by atoms with Crippen LogP contribution in [0.25, 0.3) is 0 Å². The Morgan fingerprint density at radius 3 is 2.48 bits per heavy atom. The lowest BCUT2D eigenvalue weighted by molar-refractivity contribution is -0.207. The summed E-state index contributed by atoms with van der Waals surface area (Å²) >= 11 is 0. The monoisotopic (exact) mass is 344 g/mol. The van der Waals surface area contributed by atoms with Crippen LogP contribution in [0, 0.1) is 5.41 Å². The maximum absolute atomic E-state index is 12.6. The molecule has 1 spiro atoms. The highest BCUT2D eigenvalue weighted by molar-refractivity contribution is 5.75. The smallest absolute Gasteiger partial charge is 0.317 e. The molecule has 1 aliphatic heterocycles. The number of fused-ring (bicyclic) bond motifs is 1. The quantitative estimate of drug-likeness (QED) is 0.883. The molecule has 3 aliphatic rings. The van der Waals surface area contributed by atoms with Crippen LogP contribution >= 0.6 is 0 Å². The van der Waals surface area contributed by atoms with Crippen molar-refractivity contribution in [1.82, 2.24) is 10.2 Å². The van der Waals surface area contributed by atoms with Crippen LogP contribution in [0.2, 0.25) is 0 Å². The predicted molar refractivity (Wildman–Crippen MR) is 95.4 cm³/mol. The predicted octanol–water partition coefficient (Wildman–Crippen LogP) is 2.12. The molecular formula is C20H28N2O3. The topological polar surface area (TPSA) is 61.8 Å². The number of rotatable bonds is 3. The molecule has 1 saturated carbocycles. The van der Waals surface area contributed by atoms with E-state index in [-0.39, 0.29) is 29.7 Å². The van der Waals surface area contributed by atoms with Crippen LogP contribution < -0.4 is 5.32 Å². The van der Waals surface area contributed by atoms with Crippen LogP contribution in [-0.4, -0.2) is 54.0 Å². The summed E-state index contributed by atoms with van der Waals surface area (Å²) in [4.78, 5) is 14.5. The van der Waals surface area contributed by atoms with Crippen molar-refractivity contribution in [3.05, 3.63) is 35.4 Å². The zero-order valence-electron chi connectivity index (χ0n) is 14.9. The van der Waals surface area contributed by atoms with Crippen molar-refractivity contribution in [3.8, 4) is 0 Å². The van der Waals surface area contributed by atoms with Gasteiger partial charge in [0, 0.05) is 37.6 Å². The van der Waals surface area contributed by atoms with Gasteiger partial charge >= 0.3 is 6.03 Å². The van der Waals surface area contributed by atoms with E-state index in [1.54, 1.807) is 0 Å². The molecule has 2 amide bonds. The highest BCUT2D eigenvalue weighted by atomic mass is 16.5. The molecule has 136 valence electrons. The van der Waals surface area contributed by atoms with Gasteiger partial charge in [0.05, 0.1) is 12.2 Å². The van der Waals surface area contributed by atoms with Crippen molar-refractivity contribution < 1.29 is 14.6 Å². The molecule has 1 saturated heterocycles. The van der Waals surface area contributed by atoms with Crippen molar-refractivity contribution in [2.75, 3.05) is 19.7 Å². The van der Waals surface area contributed by atoms with Gasteiger partial charge in [0.1, 0.15) is 0 Å². The number of likely N-dealkylation sites (tertiary alicyclic amines) is 1. The highest BCUT2D eigenvalue weighted by Gasteiger charge is 2.56. The number of benzene rings is 1. The third-order valence-electron chi connectivity index (χ3n) is 6.47. The average Bonchev–Trinajstić information content (AvgIpc) is 3.04. The molecule has 5 heteroatoms. The van der Waals surface area contributed by atoms with E-state index in [4.69, 9.17) is 4.74 Å². The second-order valence-electron chi connectivity index (χ2n) is 7.74. The largest absolute Gasteiger partial charge is 0.392 e. The molecule has 4 rings (SSSR count). The number of urea groups is 1. The molecule has 2 fully saturated rings. The zero-order chi connectivity index (χ0) is 17.4. The van der Waals surface area contributed by atoms with Gasteiger partial charge < -0.3 is 20.1 Å². The van der Waals surface area contributed by atoms with Crippen LogP contribution in [0.1, 0.15) is 37.3 Å². The van der Waals surface area contributed by atoms with Gasteiger partial charge in [0.15, 0.2) is 0 Å². The number of carbonyl (C=O) groups excluding carboxylic acids is 1. The molecule has 0 bridgehead atoms. The molecule has 1 aromatic carbocycles. The Balaban J connectivity index is 1.30. The average molecular weight is 344 g/mol. The highest BCUT2D eigenvalue weighted by Crippen LogP contribution is 2.50. The normalized spacial score (nSPS) is 27.8. The molecule has 2 N–H and O–H groups in total. The van der Waals surface area contributed by atoms with Crippen LogP contribution in [0.5, 0.6) is 0 Å². The first-order chi connectivity index (χ1) is 12.1. The number of carbonyl (C=O) groups is 1. The number of aliphatic hydroxyl groups is 1. The van der Waals surface area contributed by atoms with Gasteiger partial charge in [-0.1, -0.05) is 24.3 Å². The lowest BCUT2D eigenvalue weighted by Crippen LogP contribution is -2.63. The van der Waals surface area contributed by atoms with Gasteiger partial charge in [-0.2, -0.15) is 0 Å². The van der Waals surface area contributed by atoms with Gasteiger partial charge in [0.25, 0.3) is 0 Å². The fourth-order valence-corrected chi connectivity index (χ4v) is 4.87. The standard InChI is InChI=1S/C20H28N2O3/c1-2-25-18-13-17(23)20(18)7-9-22(10-8-20)19(24)21-16-11-14-5-3-4-6-15(14)12-16/h3-6,16-18,23H,2,7-13H2,1H3,(H,21,24). The number of nitrogens with zero attached hydrogens (tertiary/aromatic N) is 1. The van der Waals surface area contributed by atoms with E-state index in [1.165, 1.54) is 11.1 Å². The maximum Gasteiger partial charge on any atom is 0.317 e. The number of piperidine rings is 1. The third kappa shape index (κ3) is 2.93. The first-order valence-corrected chi connectivity index (χ1v) is 9.54. The minimum absolute atomic E-state index is 0.0365. The van der Waals surface area contributed by atoms with Crippen molar-refractivity contribution in [3.63, 3.8) is 0 Å². The van der Waals surface area contributed by atoms with E-state index in [2.05, 4.69) is 29.6 Å². The van der Waals surface area contributed by atoms with Gasteiger partial charge in [-0.05, 0) is 43.7 Å². The molecule has 2 unspecified atom stereocenters. The second-order valence-corrected chi connectivity index (χ2v) is 7.74. The maximum atomic E-state index is 12.6. The minimum Gasteiger partial charge on any atom is -0.392 e. The van der Waals surface area contributed by atoms with Crippen molar-refractivity contribution in [2.45, 2.75) is 57.3 Å². The van der Waals surface area contributed by atoms with Crippen LogP contribution in [0.15, 0.2) is 24.3 Å². The summed E-state index contributed by atoms with van der Waals surface area (Å²) in [5.74, 6) is 0. The van der Waals surface area contributed by atoms with Crippen LogP contribution in [0.4, 0.5) is 4.79 Å². The molecule has 2 aliphatic carbocycles. The number of hydrogen-bond acceptors (Lipinski definition) is 3. The number of aliphatic hydroxyl groups excluding tert-OH is 1. The van der Waals surface area contributed by atoms with E-state index in [0.29, 0.717) is 19.7 Å². The summed E-state index contributed by atoms with van der Waals surface area (Å²) in [7, 11) is 0. The molecule has 25 heavy (non-hydrogen) atoms. The minimum atomic E-state index is -0.279. The number of ether oxygens (including phenoxy) is 1. The molecule has 0 radical (unpaired) electrons. The summed E-state index contributed by atoms with van der Waals surface area (Å²) < 4.78 is 5.80. The lowest BCUT2D eigenvalue weighted by atomic mass is 9.58. The summed E-state index contributed by atoms with van der Waals surface area (Å²) in [5.41, 5.74) is 2.57. The van der Waals surface area contributed by atoms with E-state index in [9.17, 15) is 9.90 Å². The Labute approximate surface area is 149 Å². The summed E-state index contributed by atoms with van der Waals surface area (Å²) in [5, 5.41) is 13.5. The van der Waals surface area contributed by atoms with Gasteiger partial charge in [-0.15, -0.1) is 0 Å². The molecule has 5 nitrogen and oxygen atoms in total. The number of amides is 2. The Hall–Kier alpha value is -1.59. The fraction of sp³-hybridized carbons (Fsp3) is 0.650. The first kappa shape index (κ1) is 16.9. The second kappa shape index (κ2) is 6.61. The molecule has 0 aromatic heterocycles. The molecule has 1 heterocycles.